The van der Waals surface area contributed by atoms with Crippen LogP contribution < -0.4 is 10.6 Å². The van der Waals surface area contributed by atoms with Gasteiger partial charge in [0.2, 0.25) is 5.91 Å². The molecule has 1 saturated heterocycles. The first-order chi connectivity index (χ1) is 10.1. The van der Waals surface area contributed by atoms with Gasteiger partial charge in [-0.05, 0) is 6.07 Å². The third-order valence-corrected chi connectivity index (χ3v) is 3.23. The molecule has 0 aromatic heterocycles. The predicted molar refractivity (Wildman–Crippen MR) is 75.8 cm³/mol. The molecule has 0 atom stereocenters. The van der Waals surface area contributed by atoms with Crippen molar-refractivity contribution in [2.45, 2.75) is 0 Å². The van der Waals surface area contributed by atoms with E-state index < -0.39 is 4.92 Å². The highest BCUT2D eigenvalue weighted by Crippen LogP contribution is 2.21. The third kappa shape index (κ3) is 3.67. The fourth-order valence-electron chi connectivity index (χ4n) is 2.09. The quantitative estimate of drug-likeness (QED) is 0.609. The van der Waals surface area contributed by atoms with E-state index in [-0.39, 0.29) is 23.7 Å². The lowest BCUT2D eigenvalue weighted by molar-refractivity contribution is -0.384. The Bertz CT molecular complexity index is 590. The van der Waals surface area contributed by atoms with Gasteiger partial charge in [0, 0.05) is 38.3 Å². The Morgan fingerprint density at radius 2 is 2.19 bits per heavy atom. The molecule has 2 rings (SSSR count). The second-order valence-corrected chi connectivity index (χ2v) is 4.58. The van der Waals surface area contributed by atoms with Crippen LogP contribution in [0.25, 0.3) is 0 Å². The lowest BCUT2D eigenvalue weighted by atomic mass is 10.1. The van der Waals surface area contributed by atoms with Crippen LogP contribution in [0.4, 0.5) is 11.4 Å². The van der Waals surface area contributed by atoms with E-state index in [1.54, 1.807) is 4.90 Å². The minimum Gasteiger partial charge on any atom is -0.375 e. The standard InChI is InChI=1S/C13H15N5O3/c14-8-10-7-11(18(20)21)1-2-12(10)16-9-13(19)17-5-3-15-4-6-17/h1-2,7,15-16H,3-6,9H2. The van der Waals surface area contributed by atoms with Crippen LogP contribution in [0.1, 0.15) is 5.56 Å². The van der Waals surface area contributed by atoms with Crippen LogP contribution in [0.15, 0.2) is 18.2 Å². The molecule has 8 nitrogen and oxygen atoms in total. The number of hydrogen-bond acceptors (Lipinski definition) is 6. The summed E-state index contributed by atoms with van der Waals surface area (Å²) in [5, 5.41) is 25.7. The maximum absolute atomic E-state index is 12.0. The molecule has 0 spiro atoms. The minimum atomic E-state index is -0.559. The number of non-ortho nitro benzene ring substituents is 1. The van der Waals surface area contributed by atoms with Gasteiger partial charge in [-0.2, -0.15) is 5.26 Å². The molecule has 0 radical (unpaired) electrons. The number of carbonyl (C=O) groups excluding carboxylic acids is 1. The monoisotopic (exact) mass is 289 g/mol. The molecule has 110 valence electrons. The third-order valence-electron chi connectivity index (χ3n) is 3.23. The van der Waals surface area contributed by atoms with Gasteiger partial charge in [-0.25, -0.2) is 0 Å². The first kappa shape index (κ1) is 14.7. The number of nitro groups is 1. The van der Waals surface area contributed by atoms with Crippen molar-refractivity contribution in [3.63, 3.8) is 0 Å². The molecular weight excluding hydrogens is 274 g/mol. The first-order valence-corrected chi connectivity index (χ1v) is 6.52. The van der Waals surface area contributed by atoms with Crippen molar-refractivity contribution in [1.29, 1.82) is 5.26 Å². The van der Waals surface area contributed by atoms with Gasteiger partial charge in [0.05, 0.1) is 22.7 Å². The Labute approximate surface area is 121 Å². The number of nitrogens with zero attached hydrogens (tertiary/aromatic N) is 3. The average Bonchev–Trinajstić information content (AvgIpc) is 2.53. The number of carbonyl (C=O) groups is 1. The second-order valence-electron chi connectivity index (χ2n) is 4.58. The Balaban J connectivity index is 2.01. The molecule has 0 unspecified atom stereocenters. The molecule has 1 aliphatic rings. The van der Waals surface area contributed by atoms with E-state index in [1.807, 2.05) is 6.07 Å². The molecule has 1 aromatic carbocycles. The Kier molecular flexibility index (Phi) is 4.68. The normalized spacial score (nSPS) is 14.3. The summed E-state index contributed by atoms with van der Waals surface area (Å²) in [5.41, 5.74) is 0.425. The Morgan fingerprint density at radius 1 is 1.48 bits per heavy atom. The molecule has 0 aliphatic carbocycles. The first-order valence-electron chi connectivity index (χ1n) is 6.52. The molecule has 21 heavy (non-hydrogen) atoms. The van der Waals surface area contributed by atoms with E-state index in [2.05, 4.69) is 10.6 Å². The number of nitriles is 1. The average molecular weight is 289 g/mol. The number of nitro benzene ring substituents is 1. The molecule has 1 fully saturated rings. The largest absolute Gasteiger partial charge is 0.375 e. The molecule has 1 amide bonds. The highest BCUT2D eigenvalue weighted by molar-refractivity contribution is 5.81. The van der Waals surface area contributed by atoms with Gasteiger partial charge in [0.15, 0.2) is 0 Å². The zero-order chi connectivity index (χ0) is 15.2. The lowest BCUT2D eigenvalue weighted by Gasteiger charge is -2.27. The van der Waals surface area contributed by atoms with Gasteiger partial charge in [-0.1, -0.05) is 0 Å². The number of rotatable bonds is 4. The van der Waals surface area contributed by atoms with Crippen molar-refractivity contribution in [3.8, 4) is 6.07 Å². The van der Waals surface area contributed by atoms with Crippen LogP contribution in [-0.4, -0.2) is 48.5 Å². The molecule has 0 bridgehead atoms. The zero-order valence-corrected chi connectivity index (χ0v) is 11.3. The van der Waals surface area contributed by atoms with Crippen molar-refractivity contribution < 1.29 is 9.72 Å². The highest BCUT2D eigenvalue weighted by Gasteiger charge is 2.17. The van der Waals surface area contributed by atoms with E-state index in [4.69, 9.17) is 5.26 Å². The molecular formula is C13H15N5O3. The molecule has 0 saturated carbocycles. The number of anilines is 1. The van der Waals surface area contributed by atoms with Gasteiger partial charge in [-0.15, -0.1) is 0 Å². The summed E-state index contributed by atoms with van der Waals surface area (Å²) in [6.07, 6.45) is 0. The second kappa shape index (κ2) is 6.67. The molecule has 2 N–H and O–H groups in total. The fourth-order valence-corrected chi connectivity index (χ4v) is 2.09. The highest BCUT2D eigenvalue weighted by atomic mass is 16.6. The summed E-state index contributed by atoms with van der Waals surface area (Å²) < 4.78 is 0. The molecule has 8 heteroatoms. The summed E-state index contributed by atoms with van der Waals surface area (Å²) in [7, 11) is 0. The van der Waals surface area contributed by atoms with Crippen LogP contribution in [0.2, 0.25) is 0 Å². The number of benzene rings is 1. The molecule has 1 aliphatic heterocycles. The van der Waals surface area contributed by atoms with Crippen LogP contribution >= 0.6 is 0 Å². The van der Waals surface area contributed by atoms with Crippen LogP contribution in [0.5, 0.6) is 0 Å². The van der Waals surface area contributed by atoms with Gasteiger partial charge < -0.3 is 15.5 Å². The molecule has 1 aromatic rings. The maximum Gasteiger partial charge on any atom is 0.270 e. The summed E-state index contributed by atoms with van der Waals surface area (Å²) in [4.78, 5) is 23.8. The lowest BCUT2D eigenvalue weighted by Crippen LogP contribution is -2.48. The van der Waals surface area contributed by atoms with E-state index in [0.29, 0.717) is 18.8 Å². The SMILES string of the molecule is N#Cc1cc([N+](=O)[O-])ccc1NCC(=O)N1CCNCC1. The molecule has 1 heterocycles. The van der Waals surface area contributed by atoms with E-state index in [0.717, 1.165) is 13.1 Å². The fraction of sp³-hybridized carbons (Fsp3) is 0.385. The maximum atomic E-state index is 12.0. The van der Waals surface area contributed by atoms with Crippen LogP contribution in [0.3, 0.4) is 0 Å². The topological polar surface area (TPSA) is 111 Å². The van der Waals surface area contributed by atoms with Crippen molar-refractivity contribution in [1.82, 2.24) is 10.2 Å². The van der Waals surface area contributed by atoms with E-state index in [1.165, 1.54) is 18.2 Å². The zero-order valence-electron chi connectivity index (χ0n) is 11.3. The number of hydrogen-bond donors (Lipinski definition) is 2. The predicted octanol–water partition coefficient (Wildman–Crippen LogP) is 0.310. The van der Waals surface area contributed by atoms with Crippen molar-refractivity contribution in [2.24, 2.45) is 0 Å². The number of nitrogens with one attached hydrogen (secondary N) is 2. The Hall–Kier alpha value is -2.66. The van der Waals surface area contributed by atoms with Gasteiger partial charge in [0.25, 0.3) is 5.69 Å². The van der Waals surface area contributed by atoms with Gasteiger partial charge >= 0.3 is 0 Å². The summed E-state index contributed by atoms with van der Waals surface area (Å²) >= 11 is 0. The summed E-state index contributed by atoms with van der Waals surface area (Å²) in [5.74, 6) is -0.0567. The summed E-state index contributed by atoms with van der Waals surface area (Å²) in [6.45, 7) is 2.92. The summed E-state index contributed by atoms with van der Waals surface area (Å²) in [6, 6.07) is 5.83. The van der Waals surface area contributed by atoms with Crippen molar-refractivity contribution >= 4 is 17.3 Å². The van der Waals surface area contributed by atoms with Crippen LogP contribution in [-0.2, 0) is 4.79 Å². The van der Waals surface area contributed by atoms with E-state index in [9.17, 15) is 14.9 Å². The minimum absolute atomic E-state index is 0.0567. The number of piperazine rings is 1. The van der Waals surface area contributed by atoms with Crippen molar-refractivity contribution in [2.75, 3.05) is 38.0 Å². The van der Waals surface area contributed by atoms with Gasteiger partial charge in [0.1, 0.15) is 6.07 Å². The number of amides is 1. The smallest absolute Gasteiger partial charge is 0.270 e. The van der Waals surface area contributed by atoms with Gasteiger partial charge in [-0.3, -0.25) is 14.9 Å². The van der Waals surface area contributed by atoms with Crippen molar-refractivity contribution in [3.05, 3.63) is 33.9 Å². The Morgan fingerprint density at radius 3 is 2.81 bits per heavy atom. The van der Waals surface area contributed by atoms with E-state index >= 15 is 0 Å². The van der Waals surface area contributed by atoms with Crippen LogP contribution in [0, 0.1) is 21.4 Å².